The molecule has 210 valence electrons. The van der Waals surface area contributed by atoms with Gasteiger partial charge in [0.2, 0.25) is 10.0 Å². The van der Waals surface area contributed by atoms with Crippen LogP contribution < -0.4 is 10.5 Å². The molecule has 1 aromatic heterocycles. The summed E-state index contributed by atoms with van der Waals surface area (Å²) in [5, 5.41) is 8.38. The second-order valence-corrected chi connectivity index (χ2v) is 12.9. The third-order valence-corrected chi connectivity index (χ3v) is 10.1. The van der Waals surface area contributed by atoms with Gasteiger partial charge < -0.3 is 10.2 Å². The Morgan fingerprint density at radius 1 is 1.02 bits per heavy atom. The zero-order valence-electron chi connectivity index (χ0n) is 21.7. The highest BCUT2D eigenvalue weighted by molar-refractivity contribution is 7.89. The van der Waals surface area contributed by atoms with Crippen LogP contribution in [0.3, 0.4) is 0 Å². The largest absolute Gasteiger partial charge is 0.331 e. The molecule has 0 atom stereocenters. The molecule has 1 fully saturated rings. The van der Waals surface area contributed by atoms with E-state index in [4.69, 9.17) is 16.7 Å². The Balaban J connectivity index is 1.49. The van der Waals surface area contributed by atoms with Gasteiger partial charge in [-0.25, -0.2) is 22.3 Å². The Hall–Kier alpha value is -2.89. The lowest BCUT2D eigenvalue weighted by Crippen LogP contribution is -2.44. The lowest BCUT2D eigenvalue weighted by Gasteiger charge is -2.37. The van der Waals surface area contributed by atoms with Gasteiger partial charge in [0.1, 0.15) is 16.5 Å². The topological polar surface area (TPSA) is 92.5 Å². The van der Waals surface area contributed by atoms with Gasteiger partial charge in [-0.3, -0.25) is 4.79 Å². The van der Waals surface area contributed by atoms with Gasteiger partial charge in [-0.2, -0.15) is 0 Å². The van der Waals surface area contributed by atoms with E-state index in [0.29, 0.717) is 6.04 Å². The fourth-order valence-corrected chi connectivity index (χ4v) is 7.31. The summed E-state index contributed by atoms with van der Waals surface area (Å²) < 4.78 is 52.4. The summed E-state index contributed by atoms with van der Waals surface area (Å²) in [6.07, 6.45) is 3.34. The number of nitrogens with zero attached hydrogens (tertiary/aromatic N) is 1. The molecule has 1 aliphatic carbocycles. The maximum absolute atomic E-state index is 14.6. The first-order valence-electron chi connectivity index (χ1n) is 12.8. The molecule has 1 amide bonds. The predicted molar refractivity (Wildman–Crippen MR) is 155 cm³/mol. The van der Waals surface area contributed by atoms with Crippen LogP contribution in [0.2, 0.25) is 5.02 Å². The molecular formula is C29H28ClF2N3O3S2. The molecule has 1 heterocycles. The number of sulfonamides is 1. The number of fused-ring (bicyclic) bond motifs is 1. The molecule has 6 nitrogen and oxygen atoms in total. The lowest BCUT2D eigenvalue weighted by molar-refractivity contribution is 0.0606. The smallest absolute Gasteiger partial charge is 0.266 e. The van der Waals surface area contributed by atoms with E-state index < -0.39 is 21.7 Å². The fourth-order valence-electron chi connectivity index (χ4n) is 5.29. The molecule has 0 saturated heterocycles. The molecular weight excluding hydrogens is 576 g/mol. The van der Waals surface area contributed by atoms with Crippen LogP contribution in [0.5, 0.6) is 0 Å². The average Bonchev–Trinajstić information content (AvgIpc) is 3.31. The number of rotatable bonds is 7. The lowest BCUT2D eigenvalue weighted by atomic mass is 9.89. The minimum atomic E-state index is -3.80. The van der Waals surface area contributed by atoms with E-state index >= 15 is 0 Å². The summed E-state index contributed by atoms with van der Waals surface area (Å²) in [5.74, 6) is -1.65. The van der Waals surface area contributed by atoms with Gasteiger partial charge in [0, 0.05) is 18.6 Å². The highest BCUT2D eigenvalue weighted by Crippen LogP contribution is 2.40. The van der Waals surface area contributed by atoms with Gasteiger partial charge in [-0.05, 0) is 79.8 Å². The Morgan fingerprint density at radius 2 is 1.70 bits per heavy atom. The third-order valence-electron chi connectivity index (χ3n) is 7.48. The third kappa shape index (κ3) is 5.77. The monoisotopic (exact) mass is 603 g/mol. The molecule has 5 rings (SSSR count). The van der Waals surface area contributed by atoms with Crippen LogP contribution in [-0.2, 0) is 16.6 Å². The first-order valence-corrected chi connectivity index (χ1v) is 15.6. The fraction of sp³-hybridized carbons (Fsp3) is 0.276. The number of hydrogen-bond acceptors (Lipinski definition) is 5. The van der Waals surface area contributed by atoms with Crippen LogP contribution >= 0.6 is 22.9 Å². The predicted octanol–water partition coefficient (Wildman–Crippen LogP) is 6.32. The minimum Gasteiger partial charge on any atom is -0.331 e. The molecule has 0 unspecified atom stereocenters. The summed E-state index contributed by atoms with van der Waals surface area (Å²) >= 11 is 7.38. The maximum Gasteiger partial charge on any atom is 0.266 e. The van der Waals surface area contributed by atoms with Gasteiger partial charge in [-0.15, -0.1) is 11.3 Å². The van der Waals surface area contributed by atoms with Crippen LogP contribution in [0, 0.1) is 11.6 Å². The standard InChI is InChI=1S/C29H28ClF2N3O3S2/c1-34-20-7-9-21(10-8-20)35(29(36)28-26(30)25-23(31)13-14-24(32)27(25)39-28)16-17-3-2-4-19(15-17)18-5-11-22(12-6-18)40(33,37)38/h2-6,11-15,20-21,34H,7-10,16H2,1H3,(H2,33,37,38)/t20-,21-. The quantitative estimate of drug-likeness (QED) is 0.259. The zero-order chi connectivity index (χ0) is 28.6. The molecule has 3 N–H and O–H groups in total. The summed E-state index contributed by atoms with van der Waals surface area (Å²) in [5.41, 5.74) is 2.49. The van der Waals surface area contributed by atoms with Gasteiger partial charge >= 0.3 is 0 Å². The van der Waals surface area contributed by atoms with Crippen LogP contribution in [-0.4, -0.2) is 38.4 Å². The van der Waals surface area contributed by atoms with Crippen molar-refractivity contribution in [3.8, 4) is 11.1 Å². The van der Waals surface area contributed by atoms with Crippen molar-refractivity contribution in [2.24, 2.45) is 5.14 Å². The Bertz CT molecular complexity index is 1670. The van der Waals surface area contributed by atoms with Crippen LogP contribution in [0.25, 0.3) is 21.2 Å². The minimum absolute atomic E-state index is 0.0226. The van der Waals surface area contributed by atoms with Crippen molar-refractivity contribution in [3.63, 3.8) is 0 Å². The number of amides is 1. The molecule has 0 aliphatic heterocycles. The van der Waals surface area contributed by atoms with Crippen molar-refractivity contribution in [3.05, 3.63) is 87.8 Å². The van der Waals surface area contributed by atoms with Crippen molar-refractivity contribution >= 4 is 49.0 Å². The number of benzene rings is 3. The molecule has 11 heteroatoms. The van der Waals surface area contributed by atoms with Gasteiger partial charge in [0.15, 0.2) is 0 Å². The molecule has 4 aromatic rings. The van der Waals surface area contributed by atoms with Crippen LogP contribution in [0.1, 0.15) is 40.9 Å². The molecule has 3 aromatic carbocycles. The van der Waals surface area contributed by atoms with E-state index in [1.807, 2.05) is 31.3 Å². The van der Waals surface area contributed by atoms with E-state index in [1.165, 1.54) is 12.1 Å². The highest BCUT2D eigenvalue weighted by atomic mass is 35.5. The second kappa shape index (κ2) is 11.5. The van der Waals surface area contributed by atoms with Crippen molar-refractivity contribution in [1.82, 2.24) is 10.2 Å². The molecule has 40 heavy (non-hydrogen) atoms. The molecule has 0 bridgehead atoms. The average molecular weight is 604 g/mol. The molecule has 0 radical (unpaired) electrons. The number of halogens is 3. The van der Waals surface area contributed by atoms with Crippen molar-refractivity contribution in [2.75, 3.05) is 7.05 Å². The first-order chi connectivity index (χ1) is 19.1. The highest BCUT2D eigenvalue weighted by Gasteiger charge is 2.32. The first kappa shape index (κ1) is 28.6. The summed E-state index contributed by atoms with van der Waals surface area (Å²) in [6.45, 7) is 0.270. The van der Waals surface area contributed by atoms with Crippen LogP contribution in [0.4, 0.5) is 8.78 Å². The van der Waals surface area contributed by atoms with E-state index in [0.717, 1.165) is 65.8 Å². The Morgan fingerprint density at radius 3 is 2.33 bits per heavy atom. The molecule has 1 aliphatic rings. The number of carbonyl (C=O) groups is 1. The number of primary sulfonamides is 1. The summed E-state index contributed by atoms with van der Waals surface area (Å²) in [6, 6.07) is 16.2. The number of thiophene rings is 1. The summed E-state index contributed by atoms with van der Waals surface area (Å²) in [7, 11) is -1.88. The van der Waals surface area contributed by atoms with E-state index in [2.05, 4.69) is 5.32 Å². The molecule has 1 saturated carbocycles. The van der Waals surface area contributed by atoms with E-state index in [-0.39, 0.29) is 43.4 Å². The SMILES string of the molecule is CN[C@H]1CC[C@H](N(Cc2cccc(-c3ccc(S(N)(=O)=O)cc3)c2)C(=O)c2sc3c(F)ccc(F)c3c2Cl)CC1. The Labute approximate surface area is 240 Å². The van der Waals surface area contributed by atoms with E-state index in [1.54, 1.807) is 17.0 Å². The Kier molecular flexibility index (Phi) is 8.26. The molecule has 0 spiro atoms. The normalized spacial score (nSPS) is 17.7. The van der Waals surface area contributed by atoms with Gasteiger partial charge in [-0.1, -0.05) is 41.9 Å². The van der Waals surface area contributed by atoms with Crippen molar-refractivity contribution in [2.45, 2.75) is 49.2 Å². The summed E-state index contributed by atoms with van der Waals surface area (Å²) in [4.78, 5) is 15.9. The number of carbonyl (C=O) groups excluding carboxylic acids is 1. The maximum atomic E-state index is 14.6. The zero-order valence-corrected chi connectivity index (χ0v) is 24.1. The second-order valence-electron chi connectivity index (χ2n) is 9.98. The van der Waals surface area contributed by atoms with Gasteiger partial charge in [0.05, 0.1) is 20.0 Å². The van der Waals surface area contributed by atoms with Crippen LogP contribution in [0.15, 0.2) is 65.6 Å². The number of hydrogen-bond donors (Lipinski definition) is 2. The number of nitrogens with one attached hydrogen (secondary N) is 1. The van der Waals surface area contributed by atoms with Gasteiger partial charge in [0.25, 0.3) is 5.91 Å². The van der Waals surface area contributed by atoms with Crippen molar-refractivity contribution < 1.29 is 22.0 Å². The number of nitrogens with two attached hydrogens (primary N) is 1. The van der Waals surface area contributed by atoms with E-state index in [9.17, 15) is 22.0 Å². The van der Waals surface area contributed by atoms with Crippen molar-refractivity contribution in [1.29, 1.82) is 0 Å².